The smallest absolute Gasteiger partial charge is 0.229 e. The molecule has 2 aliphatic rings. The van der Waals surface area contributed by atoms with Crippen LogP contribution in [-0.4, -0.2) is 10.9 Å². The highest BCUT2D eigenvalue weighted by molar-refractivity contribution is 7.13. The molecule has 3 unspecified atom stereocenters. The molecule has 4 heteroatoms. The summed E-state index contributed by atoms with van der Waals surface area (Å²) in [6.45, 7) is 0.619. The van der Waals surface area contributed by atoms with Gasteiger partial charge in [-0.05, 0) is 42.6 Å². The van der Waals surface area contributed by atoms with E-state index in [1.54, 1.807) is 17.5 Å². The number of benzene rings is 1. The second kappa shape index (κ2) is 6.44. The van der Waals surface area contributed by atoms with Crippen molar-refractivity contribution < 1.29 is 4.79 Å². The zero-order valence-electron chi connectivity index (χ0n) is 13.2. The fraction of sp³-hybridized carbons (Fsp3) is 0.474. The predicted octanol–water partition coefficient (Wildman–Crippen LogP) is 4.50. The van der Waals surface area contributed by atoms with E-state index >= 15 is 0 Å². The van der Waals surface area contributed by atoms with Crippen molar-refractivity contribution >= 4 is 22.4 Å². The Balaban J connectivity index is 1.49. The van der Waals surface area contributed by atoms with Crippen LogP contribution < -0.4 is 4.90 Å². The zero-order valence-corrected chi connectivity index (χ0v) is 14.0. The van der Waals surface area contributed by atoms with Gasteiger partial charge in [-0.25, -0.2) is 4.98 Å². The molecule has 4 rings (SSSR count). The highest BCUT2D eigenvalue weighted by Gasteiger charge is 2.40. The van der Waals surface area contributed by atoms with Crippen LogP contribution in [0, 0.1) is 17.8 Å². The molecular formula is C19H22N2OS. The Morgan fingerprint density at radius 3 is 2.74 bits per heavy atom. The Hall–Kier alpha value is -1.68. The fourth-order valence-corrected chi connectivity index (χ4v) is 5.00. The lowest BCUT2D eigenvalue weighted by molar-refractivity contribution is -0.120. The van der Waals surface area contributed by atoms with Gasteiger partial charge in [-0.15, -0.1) is 11.3 Å². The van der Waals surface area contributed by atoms with Crippen molar-refractivity contribution in [1.82, 2.24) is 4.98 Å². The molecule has 0 radical (unpaired) electrons. The van der Waals surface area contributed by atoms with E-state index in [1.807, 2.05) is 28.5 Å². The van der Waals surface area contributed by atoms with Crippen molar-refractivity contribution in [2.75, 3.05) is 4.90 Å². The first-order valence-electron chi connectivity index (χ1n) is 8.53. The average molecular weight is 326 g/mol. The Kier molecular flexibility index (Phi) is 4.17. The Morgan fingerprint density at radius 1 is 1.22 bits per heavy atom. The summed E-state index contributed by atoms with van der Waals surface area (Å²) < 4.78 is 0. The maximum absolute atomic E-state index is 13.0. The molecule has 2 aliphatic carbocycles. The lowest BCUT2D eigenvalue weighted by atomic mass is 9.86. The number of anilines is 1. The van der Waals surface area contributed by atoms with Crippen molar-refractivity contribution in [2.45, 2.75) is 38.6 Å². The summed E-state index contributed by atoms with van der Waals surface area (Å²) in [4.78, 5) is 19.2. The van der Waals surface area contributed by atoms with Gasteiger partial charge in [-0.1, -0.05) is 36.8 Å². The van der Waals surface area contributed by atoms with Crippen LogP contribution in [0.3, 0.4) is 0 Å². The molecule has 1 aromatic carbocycles. The second-order valence-electron chi connectivity index (χ2n) is 6.92. The van der Waals surface area contributed by atoms with Crippen LogP contribution in [0.4, 0.5) is 5.13 Å². The van der Waals surface area contributed by atoms with E-state index in [9.17, 15) is 4.79 Å². The molecule has 0 N–H and O–H groups in total. The van der Waals surface area contributed by atoms with E-state index in [0.29, 0.717) is 18.9 Å². The first-order chi connectivity index (χ1) is 11.3. The first-order valence-corrected chi connectivity index (χ1v) is 9.41. The number of nitrogens with zero attached hydrogens (tertiary/aromatic N) is 2. The Labute approximate surface area is 141 Å². The summed E-state index contributed by atoms with van der Waals surface area (Å²) in [5.41, 5.74) is 1.16. The lowest BCUT2D eigenvalue weighted by Crippen LogP contribution is -2.32. The van der Waals surface area contributed by atoms with Crippen molar-refractivity contribution in [1.29, 1.82) is 0 Å². The first kappa shape index (κ1) is 14.9. The van der Waals surface area contributed by atoms with E-state index in [-0.39, 0.29) is 5.91 Å². The Bertz CT molecular complexity index is 655. The number of hydrogen-bond acceptors (Lipinski definition) is 3. The molecule has 0 saturated heterocycles. The summed E-state index contributed by atoms with van der Waals surface area (Å²) in [7, 11) is 0. The molecule has 2 saturated carbocycles. The van der Waals surface area contributed by atoms with Gasteiger partial charge in [0.25, 0.3) is 0 Å². The van der Waals surface area contributed by atoms with Gasteiger partial charge in [0.2, 0.25) is 5.91 Å². The van der Waals surface area contributed by atoms with E-state index in [2.05, 4.69) is 17.1 Å². The molecule has 23 heavy (non-hydrogen) atoms. The van der Waals surface area contributed by atoms with Crippen LogP contribution in [0.1, 0.15) is 37.7 Å². The van der Waals surface area contributed by atoms with E-state index in [4.69, 9.17) is 0 Å². The number of fused-ring (bicyclic) bond motifs is 2. The van der Waals surface area contributed by atoms with Crippen LogP contribution in [0.5, 0.6) is 0 Å². The van der Waals surface area contributed by atoms with Gasteiger partial charge >= 0.3 is 0 Å². The molecular weight excluding hydrogens is 304 g/mol. The van der Waals surface area contributed by atoms with Gasteiger partial charge in [-0.2, -0.15) is 0 Å². The third-order valence-electron chi connectivity index (χ3n) is 5.46. The summed E-state index contributed by atoms with van der Waals surface area (Å²) in [5.74, 6) is 2.51. The maximum atomic E-state index is 13.0. The molecule has 1 amide bonds. The SMILES string of the molecule is O=C(CC1CC2CCC1C2)N(Cc1ccccc1)c1nccs1. The maximum Gasteiger partial charge on any atom is 0.229 e. The summed E-state index contributed by atoms with van der Waals surface area (Å²) in [6, 6.07) is 10.2. The quantitative estimate of drug-likeness (QED) is 0.810. The number of amides is 1. The minimum absolute atomic E-state index is 0.237. The van der Waals surface area contributed by atoms with Crippen LogP contribution >= 0.6 is 11.3 Å². The Morgan fingerprint density at radius 2 is 2.09 bits per heavy atom. The molecule has 120 valence electrons. The number of aromatic nitrogens is 1. The molecule has 3 atom stereocenters. The second-order valence-corrected chi connectivity index (χ2v) is 7.79. The zero-order chi connectivity index (χ0) is 15.6. The number of thiazole rings is 1. The van der Waals surface area contributed by atoms with Gasteiger partial charge in [0.1, 0.15) is 0 Å². The van der Waals surface area contributed by atoms with Crippen LogP contribution in [0.2, 0.25) is 0 Å². The van der Waals surface area contributed by atoms with Crippen molar-refractivity contribution in [2.24, 2.45) is 17.8 Å². The normalized spacial score (nSPS) is 25.7. The van der Waals surface area contributed by atoms with Gasteiger partial charge in [0.05, 0.1) is 6.54 Å². The summed E-state index contributed by atoms with van der Waals surface area (Å²) in [5, 5.41) is 2.76. The van der Waals surface area contributed by atoms with Crippen molar-refractivity contribution in [3.05, 3.63) is 47.5 Å². The van der Waals surface area contributed by atoms with Crippen LogP contribution in [0.25, 0.3) is 0 Å². The van der Waals surface area contributed by atoms with E-state index in [0.717, 1.165) is 22.5 Å². The van der Waals surface area contributed by atoms with Crippen molar-refractivity contribution in [3.8, 4) is 0 Å². The molecule has 3 nitrogen and oxygen atoms in total. The molecule has 2 bridgehead atoms. The number of hydrogen-bond donors (Lipinski definition) is 0. The van der Waals surface area contributed by atoms with Gasteiger partial charge in [0, 0.05) is 18.0 Å². The molecule has 1 heterocycles. The molecule has 0 aliphatic heterocycles. The van der Waals surface area contributed by atoms with Crippen LogP contribution in [0.15, 0.2) is 41.9 Å². The molecule has 0 spiro atoms. The van der Waals surface area contributed by atoms with Crippen molar-refractivity contribution in [3.63, 3.8) is 0 Å². The summed E-state index contributed by atoms with van der Waals surface area (Å²) in [6.07, 6.45) is 7.80. The highest BCUT2D eigenvalue weighted by Crippen LogP contribution is 2.49. The molecule has 2 aromatic rings. The molecule has 2 fully saturated rings. The number of rotatable bonds is 5. The predicted molar refractivity (Wildman–Crippen MR) is 93.3 cm³/mol. The fourth-order valence-electron chi connectivity index (χ4n) is 4.34. The largest absolute Gasteiger partial charge is 0.284 e. The number of carbonyl (C=O) groups excluding carboxylic acids is 1. The topological polar surface area (TPSA) is 33.2 Å². The number of carbonyl (C=O) groups is 1. The summed E-state index contributed by atoms with van der Waals surface area (Å²) >= 11 is 1.55. The van der Waals surface area contributed by atoms with E-state index < -0.39 is 0 Å². The van der Waals surface area contributed by atoms with Crippen LogP contribution in [-0.2, 0) is 11.3 Å². The third kappa shape index (κ3) is 3.18. The lowest BCUT2D eigenvalue weighted by Gasteiger charge is -2.25. The minimum atomic E-state index is 0.237. The highest BCUT2D eigenvalue weighted by atomic mass is 32.1. The van der Waals surface area contributed by atoms with Gasteiger partial charge < -0.3 is 0 Å². The standard InChI is InChI=1S/C19H22N2OS/c22-18(12-17-11-15-6-7-16(17)10-15)21(19-20-8-9-23-19)13-14-4-2-1-3-5-14/h1-5,8-9,15-17H,6-7,10-13H2. The van der Waals surface area contributed by atoms with Gasteiger partial charge in [-0.3, -0.25) is 9.69 Å². The molecule has 1 aromatic heterocycles. The average Bonchev–Trinajstić information content (AvgIpc) is 3.31. The third-order valence-corrected chi connectivity index (χ3v) is 6.25. The van der Waals surface area contributed by atoms with Gasteiger partial charge in [0.15, 0.2) is 5.13 Å². The minimum Gasteiger partial charge on any atom is -0.284 e. The monoisotopic (exact) mass is 326 g/mol. The van der Waals surface area contributed by atoms with E-state index in [1.165, 1.54) is 25.7 Å².